The maximum atomic E-state index is 11.7. The van der Waals surface area contributed by atoms with Crippen molar-refractivity contribution in [2.24, 2.45) is 17.1 Å². The van der Waals surface area contributed by atoms with Crippen molar-refractivity contribution in [2.75, 3.05) is 6.54 Å². The van der Waals surface area contributed by atoms with Crippen LogP contribution in [0.25, 0.3) is 0 Å². The molecule has 0 heterocycles. The maximum absolute atomic E-state index is 11.7. The van der Waals surface area contributed by atoms with Gasteiger partial charge in [0, 0.05) is 17.9 Å². The zero-order valence-electron chi connectivity index (χ0n) is 8.68. The number of carbonyl (C=O) groups excluding carboxylic acids is 1. The van der Waals surface area contributed by atoms with Crippen LogP contribution in [0.3, 0.4) is 0 Å². The Bertz CT molecular complexity index is 152. The monoisotopic (exact) mass is 171 g/mol. The highest BCUT2D eigenvalue weighted by molar-refractivity contribution is 5.86. The van der Waals surface area contributed by atoms with Gasteiger partial charge in [0.15, 0.2) is 0 Å². The lowest BCUT2D eigenvalue weighted by atomic mass is 9.80. The highest BCUT2D eigenvalue weighted by atomic mass is 16.1. The van der Waals surface area contributed by atoms with Gasteiger partial charge in [-0.15, -0.1) is 0 Å². The minimum atomic E-state index is -0.339. The number of rotatable bonds is 5. The van der Waals surface area contributed by atoms with Crippen LogP contribution < -0.4 is 5.73 Å². The summed E-state index contributed by atoms with van der Waals surface area (Å²) in [6.07, 6.45) is 2.04. The average molecular weight is 171 g/mol. The van der Waals surface area contributed by atoms with Gasteiger partial charge in [0.2, 0.25) is 0 Å². The normalized spacial score (nSPS) is 14.4. The fourth-order valence-corrected chi connectivity index (χ4v) is 1.33. The minimum absolute atomic E-state index is 0.161. The summed E-state index contributed by atoms with van der Waals surface area (Å²) in [5.74, 6) is 0.459. The van der Waals surface area contributed by atoms with E-state index in [2.05, 4.69) is 6.92 Å². The summed E-state index contributed by atoms with van der Waals surface area (Å²) in [6.45, 7) is 8.37. The average Bonchev–Trinajstić information content (AvgIpc) is 2.03. The predicted octanol–water partition coefficient (Wildman–Crippen LogP) is 1.98. The highest BCUT2D eigenvalue weighted by Crippen LogP contribution is 2.22. The molecule has 12 heavy (non-hydrogen) atoms. The molecular weight excluding hydrogens is 150 g/mol. The molecule has 0 saturated heterocycles. The van der Waals surface area contributed by atoms with Crippen LogP contribution in [0.1, 0.15) is 40.5 Å². The summed E-state index contributed by atoms with van der Waals surface area (Å²) in [5.41, 5.74) is 5.18. The summed E-state index contributed by atoms with van der Waals surface area (Å²) in [6, 6.07) is 0. The third-order valence-corrected chi connectivity index (χ3v) is 2.35. The van der Waals surface area contributed by atoms with Crippen LogP contribution in [-0.2, 0) is 4.79 Å². The zero-order valence-corrected chi connectivity index (χ0v) is 8.68. The summed E-state index contributed by atoms with van der Waals surface area (Å²) >= 11 is 0. The first-order chi connectivity index (χ1) is 5.45. The fourth-order valence-electron chi connectivity index (χ4n) is 1.33. The predicted molar refractivity (Wildman–Crippen MR) is 51.9 cm³/mol. The molecule has 0 fully saturated rings. The first-order valence-corrected chi connectivity index (χ1v) is 4.70. The van der Waals surface area contributed by atoms with E-state index in [0.717, 1.165) is 12.8 Å². The molecule has 2 heteroatoms. The van der Waals surface area contributed by atoms with Gasteiger partial charge >= 0.3 is 0 Å². The van der Waals surface area contributed by atoms with E-state index in [1.807, 2.05) is 20.8 Å². The topological polar surface area (TPSA) is 43.1 Å². The highest BCUT2D eigenvalue weighted by Gasteiger charge is 2.29. The third kappa shape index (κ3) is 2.94. The number of nitrogens with two attached hydrogens (primary N) is 1. The number of hydrogen-bond donors (Lipinski definition) is 1. The summed E-state index contributed by atoms with van der Waals surface area (Å²) < 4.78 is 0. The molecule has 72 valence electrons. The van der Waals surface area contributed by atoms with Crippen LogP contribution in [0.4, 0.5) is 0 Å². The summed E-state index contributed by atoms with van der Waals surface area (Å²) in [5, 5.41) is 0. The van der Waals surface area contributed by atoms with Crippen LogP contribution in [-0.4, -0.2) is 12.3 Å². The molecule has 0 aromatic heterocycles. The standard InChI is InChI=1S/C10H21NO/c1-5-6-8(2)9(12)10(3,4)7-11/h8H,5-7,11H2,1-4H3. The second-order valence-electron chi connectivity index (χ2n) is 4.14. The molecule has 0 spiro atoms. The summed E-state index contributed by atoms with van der Waals surface area (Å²) in [7, 11) is 0. The van der Waals surface area contributed by atoms with Crippen molar-refractivity contribution in [2.45, 2.75) is 40.5 Å². The largest absolute Gasteiger partial charge is 0.329 e. The molecule has 0 amide bonds. The van der Waals surface area contributed by atoms with Crippen molar-refractivity contribution in [3.8, 4) is 0 Å². The maximum Gasteiger partial charge on any atom is 0.142 e. The van der Waals surface area contributed by atoms with Gasteiger partial charge in [0.1, 0.15) is 5.78 Å². The molecule has 0 saturated carbocycles. The Hall–Kier alpha value is -0.370. The van der Waals surface area contributed by atoms with Crippen molar-refractivity contribution in [1.29, 1.82) is 0 Å². The van der Waals surface area contributed by atoms with E-state index < -0.39 is 0 Å². The molecule has 1 atom stereocenters. The SMILES string of the molecule is CCCC(C)C(=O)C(C)(C)CN. The third-order valence-electron chi connectivity index (χ3n) is 2.35. The molecule has 0 aliphatic heterocycles. The smallest absolute Gasteiger partial charge is 0.142 e. The van der Waals surface area contributed by atoms with E-state index in [0.29, 0.717) is 12.3 Å². The Labute approximate surface area is 75.5 Å². The van der Waals surface area contributed by atoms with Gasteiger partial charge in [0.05, 0.1) is 0 Å². The van der Waals surface area contributed by atoms with Crippen molar-refractivity contribution in [3.63, 3.8) is 0 Å². The first-order valence-electron chi connectivity index (χ1n) is 4.70. The Morgan fingerprint density at radius 1 is 1.50 bits per heavy atom. The molecule has 0 aromatic carbocycles. The minimum Gasteiger partial charge on any atom is -0.329 e. The molecule has 0 aliphatic carbocycles. The molecule has 0 aliphatic rings. The van der Waals surface area contributed by atoms with Gasteiger partial charge in [-0.05, 0) is 6.42 Å². The second-order valence-corrected chi connectivity index (χ2v) is 4.14. The van der Waals surface area contributed by atoms with E-state index in [1.165, 1.54) is 0 Å². The molecule has 1 unspecified atom stereocenters. The van der Waals surface area contributed by atoms with Crippen molar-refractivity contribution < 1.29 is 4.79 Å². The molecule has 0 aromatic rings. The number of carbonyl (C=O) groups is 1. The van der Waals surface area contributed by atoms with Crippen molar-refractivity contribution in [1.82, 2.24) is 0 Å². The molecule has 2 N–H and O–H groups in total. The van der Waals surface area contributed by atoms with E-state index in [-0.39, 0.29) is 11.3 Å². The van der Waals surface area contributed by atoms with Gasteiger partial charge in [-0.2, -0.15) is 0 Å². The van der Waals surface area contributed by atoms with Crippen LogP contribution >= 0.6 is 0 Å². The van der Waals surface area contributed by atoms with E-state index in [9.17, 15) is 4.79 Å². The molecule has 0 radical (unpaired) electrons. The molecular formula is C10H21NO. The Morgan fingerprint density at radius 2 is 2.00 bits per heavy atom. The van der Waals surface area contributed by atoms with Gasteiger partial charge in [-0.1, -0.05) is 34.1 Å². The van der Waals surface area contributed by atoms with Gasteiger partial charge in [0.25, 0.3) is 0 Å². The molecule has 2 nitrogen and oxygen atoms in total. The first kappa shape index (κ1) is 11.6. The quantitative estimate of drug-likeness (QED) is 0.687. The molecule has 0 rings (SSSR count). The zero-order chi connectivity index (χ0) is 9.78. The lowest BCUT2D eigenvalue weighted by Gasteiger charge is -2.24. The van der Waals surface area contributed by atoms with Crippen molar-refractivity contribution in [3.05, 3.63) is 0 Å². The molecule has 0 bridgehead atoms. The van der Waals surface area contributed by atoms with Crippen LogP contribution in [0, 0.1) is 11.3 Å². The Morgan fingerprint density at radius 3 is 2.33 bits per heavy atom. The summed E-state index contributed by atoms with van der Waals surface area (Å²) in [4.78, 5) is 11.7. The lowest BCUT2D eigenvalue weighted by Crippen LogP contribution is -2.36. The van der Waals surface area contributed by atoms with E-state index >= 15 is 0 Å². The number of ketones is 1. The second kappa shape index (κ2) is 4.61. The van der Waals surface area contributed by atoms with Crippen molar-refractivity contribution >= 4 is 5.78 Å². The number of hydrogen-bond acceptors (Lipinski definition) is 2. The lowest BCUT2D eigenvalue weighted by molar-refractivity contribution is -0.130. The van der Waals surface area contributed by atoms with Crippen LogP contribution in [0.15, 0.2) is 0 Å². The Balaban J connectivity index is 4.18. The van der Waals surface area contributed by atoms with E-state index in [4.69, 9.17) is 5.73 Å². The van der Waals surface area contributed by atoms with Gasteiger partial charge < -0.3 is 5.73 Å². The fraction of sp³-hybridized carbons (Fsp3) is 0.900. The van der Waals surface area contributed by atoms with Crippen LogP contribution in [0.5, 0.6) is 0 Å². The number of Topliss-reactive ketones (excluding diaryl/α,β-unsaturated/α-hetero) is 1. The van der Waals surface area contributed by atoms with Gasteiger partial charge in [-0.3, -0.25) is 4.79 Å². The van der Waals surface area contributed by atoms with Crippen LogP contribution in [0.2, 0.25) is 0 Å². The van der Waals surface area contributed by atoms with Gasteiger partial charge in [-0.25, -0.2) is 0 Å². The Kier molecular flexibility index (Phi) is 4.46. The van der Waals surface area contributed by atoms with E-state index in [1.54, 1.807) is 0 Å².